The molecule has 0 fully saturated rings. The molecular weight excluding hydrogens is 351 g/mol. The number of ketones is 1. The number of ether oxygens (including phenoxy) is 1. The van der Waals surface area contributed by atoms with Crippen LogP contribution >= 0.6 is 0 Å². The van der Waals surface area contributed by atoms with Crippen LogP contribution in [-0.4, -0.2) is 10.7 Å². The van der Waals surface area contributed by atoms with E-state index in [0.717, 1.165) is 6.07 Å². The first-order valence-electron chi connectivity index (χ1n) is 7.74. The Morgan fingerprint density at radius 2 is 1.59 bits per heavy atom. The van der Waals surface area contributed by atoms with Crippen LogP contribution in [0.25, 0.3) is 0 Å². The Kier molecular flexibility index (Phi) is 4.90. The zero-order chi connectivity index (χ0) is 19.4. The van der Waals surface area contributed by atoms with E-state index in [-0.39, 0.29) is 22.8 Å². The second-order valence-electron chi connectivity index (χ2n) is 5.51. The summed E-state index contributed by atoms with van der Waals surface area (Å²) >= 11 is 0. The van der Waals surface area contributed by atoms with Crippen LogP contribution in [0.4, 0.5) is 10.1 Å². The minimum atomic E-state index is -0.597. The molecule has 3 rings (SSSR count). The fourth-order valence-electron chi connectivity index (χ4n) is 2.38. The summed E-state index contributed by atoms with van der Waals surface area (Å²) in [6, 6.07) is 16.9. The van der Waals surface area contributed by atoms with E-state index in [1.165, 1.54) is 36.4 Å². The molecular formula is C20H11FN2O4. The number of nitro benzene ring substituents is 1. The molecule has 0 saturated heterocycles. The average Bonchev–Trinajstić information content (AvgIpc) is 2.68. The lowest BCUT2D eigenvalue weighted by atomic mass is 10.0. The third kappa shape index (κ3) is 3.96. The van der Waals surface area contributed by atoms with Gasteiger partial charge in [-0.2, -0.15) is 5.26 Å². The number of carbonyl (C=O) groups is 1. The minimum absolute atomic E-state index is 0.0238. The molecule has 0 saturated carbocycles. The molecule has 0 bridgehead atoms. The number of nitrogens with zero attached hydrogens (tertiary/aromatic N) is 2. The molecule has 0 N–H and O–H groups in total. The highest BCUT2D eigenvalue weighted by atomic mass is 19.1. The third-order valence-electron chi connectivity index (χ3n) is 3.75. The molecule has 0 aliphatic rings. The van der Waals surface area contributed by atoms with Crippen LogP contribution in [0.1, 0.15) is 21.5 Å². The summed E-state index contributed by atoms with van der Waals surface area (Å²) in [7, 11) is 0. The fourth-order valence-corrected chi connectivity index (χ4v) is 2.38. The summed E-state index contributed by atoms with van der Waals surface area (Å²) in [5, 5.41) is 19.9. The minimum Gasteiger partial charge on any atom is -0.456 e. The van der Waals surface area contributed by atoms with Crippen molar-refractivity contribution in [3.8, 4) is 17.6 Å². The van der Waals surface area contributed by atoms with Gasteiger partial charge in [0.2, 0.25) is 0 Å². The lowest BCUT2D eigenvalue weighted by molar-refractivity contribution is -0.384. The first kappa shape index (κ1) is 17.8. The zero-order valence-corrected chi connectivity index (χ0v) is 13.8. The predicted molar refractivity (Wildman–Crippen MR) is 94.2 cm³/mol. The van der Waals surface area contributed by atoms with Crippen LogP contribution in [-0.2, 0) is 0 Å². The number of nitriles is 1. The number of non-ortho nitro benzene ring substituents is 1. The summed E-state index contributed by atoms with van der Waals surface area (Å²) in [6.07, 6.45) is 0. The average molecular weight is 362 g/mol. The molecule has 0 heterocycles. The Bertz CT molecular complexity index is 1050. The van der Waals surface area contributed by atoms with Gasteiger partial charge in [-0.3, -0.25) is 14.9 Å². The number of hydrogen-bond donors (Lipinski definition) is 0. The van der Waals surface area contributed by atoms with Crippen LogP contribution in [0.5, 0.6) is 11.5 Å². The molecule has 0 aliphatic carbocycles. The zero-order valence-electron chi connectivity index (χ0n) is 13.8. The first-order valence-corrected chi connectivity index (χ1v) is 7.74. The maximum absolute atomic E-state index is 13.0. The van der Waals surface area contributed by atoms with E-state index >= 15 is 0 Å². The Morgan fingerprint density at radius 1 is 1.00 bits per heavy atom. The molecule has 6 nitrogen and oxygen atoms in total. The van der Waals surface area contributed by atoms with Gasteiger partial charge < -0.3 is 4.74 Å². The molecule has 0 aliphatic heterocycles. The lowest BCUT2D eigenvalue weighted by Gasteiger charge is -2.08. The first-order chi connectivity index (χ1) is 13.0. The van der Waals surface area contributed by atoms with Gasteiger partial charge in [-0.25, -0.2) is 4.39 Å². The molecule has 0 unspecified atom stereocenters. The number of nitro groups is 1. The predicted octanol–water partition coefficient (Wildman–Crippen LogP) is 4.63. The van der Waals surface area contributed by atoms with Crippen molar-refractivity contribution in [2.45, 2.75) is 0 Å². The highest BCUT2D eigenvalue weighted by molar-refractivity contribution is 6.09. The fraction of sp³-hybridized carbons (Fsp3) is 0. The molecule has 0 aromatic heterocycles. The Morgan fingerprint density at radius 3 is 2.15 bits per heavy atom. The van der Waals surface area contributed by atoms with E-state index in [0.29, 0.717) is 16.9 Å². The molecule has 27 heavy (non-hydrogen) atoms. The molecule has 0 amide bonds. The van der Waals surface area contributed by atoms with Crippen molar-refractivity contribution in [1.82, 2.24) is 0 Å². The quantitative estimate of drug-likeness (QED) is 0.375. The van der Waals surface area contributed by atoms with E-state index in [9.17, 15) is 19.3 Å². The van der Waals surface area contributed by atoms with Crippen LogP contribution in [0.15, 0.2) is 66.7 Å². The smallest absolute Gasteiger partial charge is 0.271 e. The van der Waals surface area contributed by atoms with Crippen LogP contribution < -0.4 is 4.74 Å². The molecule has 0 atom stereocenters. The van der Waals surface area contributed by atoms with E-state index in [1.807, 2.05) is 6.07 Å². The normalized spacial score (nSPS) is 10.1. The van der Waals surface area contributed by atoms with Crippen molar-refractivity contribution in [3.63, 3.8) is 0 Å². The van der Waals surface area contributed by atoms with Crippen LogP contribution in [0.2, 0.25) is 0 Å². The number of halogens is 1. The second-order valence-corrected chi connectivity index (χ2v) is 5.51. The second kappa shape index (κ2) is 7.45. The van der Waals surface area contributed by atoms with Gasteiger partial charge in [0.05, 0.1) is 4.92 Å². The standard InChI is InChI=1S/C20H11FN2O4/c21-16-5-1-13(2-6-16)20(24)14-3-8-18(9-4-14)27-19-10-7-17(23(25)26)11-15(19)12-22/h1-11H. The Hall–Kier alpha value is -4.05. The van der Waals surface area contributed by atoms with Gasteiger partial charge in [-0.1, -0.05) is 0 Å². The largest absolute Gasteiger partial charge is 0.456 e. The maximum atomic E-state index is 13.0. The topological polar surface area (TPSA) is 93.2 Å². The molecule has 3 aromatic rings. The van der Waals surface area contributed by atoms with Gasteiger partial charge in [0, 0.05) is 23.3 Å². The van der Waals surface area contributed by atoms with Crippen molar-refractivity contribution >= 4 is 11.5 Å². The van der Waals surface area contributed by atoms with Gasteiger partial charge in [0.15, 0.2) is 5.78 Å². The van der Waals surface area contributed by atoms with E-state index in [2.05, 4.69) is 0 Å². The van der Waals surface area contributed by atoms with Crippen molar-refractivity contribution in [2.24, 2.45) is 0 Å². The van der Waals surface area contributed by atoms with E-state index < -0.39 is 10.7 Å². The molecule has 3 aromatic carbocycles. The summed E-state index contributed by atoms with van der Waals surface area (Å²) in [4.78, 5) is 22.5. The number of carbonyl (C=O) groups excluding carboxylic acids is 1. The molecule has 132 valence electrons. The maximum Gasteiger partial charge on any atom is 0.271 e. The highest BCUT2D eigenvalue weighted by Gasteiger charge is 2.13. The van der Waals surface area contributed by atoms with Gasteiger partial charge >= 0.3 is 0 Å². The summed E-state index contributed by atoms with van der Waals surface area (Å²) in [6.45, 7) is 0. The van der Waals surface area contributed by atoms with Gasteiger partial charge in [0.25, 0.3) is 5.69 Å². The SMILES string of the molecule is N#Cc1cc([N+](=O)[O-])ccc1Oc1ccc(C(=O)c2ccc(F)cc2)cc1. The van der Waals surface area contributed by atoms with Crippen LogP contribution in [0.3, 0.4) is 0 Å². The van der Waals surface area contributed by atoms with Gasteiger partial charge in [-0.05, 0) is 54.6 Å². The van der Waals surface area contributed by atoms with Crippen molar-refractivity contribution in [3.05, 3.63) is 99.4 Å². The monoisotopic (exact) mass is 362 g/mol. The van der Waals surface area contributed by atoms with Crippen LogP contribution in [0, 0.1) is 27.3 Å². The van der Waals surface area contributed by atoms with Crippen molar-refractivity contribution in [1.29, 1.82) is 5.26 Å². The highest BCUT2D eigenvalue weighted by Crippen LogP contribution is 2.28. The van der Waals surface area contributed by atoms with E-state index in [1.54, 1.807) is 24.3 Å². The molecule has 0 spiro atoms. The number of rotatable bonds is 5. The Balaban J connectivity index is 1.80. The third-order valence-corrected chi connectivity index (χ3v) is 3.75. The van der Waals surface area contributed by atoms with Gasteiger partial charge in [-0.15, -0.1) is 0 Å². The summed E-state index contributed by atoms with van der Waals surface area (Å²) in [5.41, 5.74) is 0.556. The Labute approximate surface area is 153 Å². The summed E-state index contributed by atoms with van der Waals surface area (Å²) < 4.78 is 18.5. The van der Waals surface area contributed by atoms with Crippen molar-refractivity contribution in [2.75, 3.05) is 0 Å². The summed E-state index contributed by atoms with van der Waals surface area (Å²) in [5.74, 6) is -0.169. The molecule has 7 heteroatoms. The van der Waals surface area contributed by atoms with E-state index in [4.69, 9.17) is 10.00 Å². The molecule has 0 radical (unpaired) electrons. The number of benzene rings is 3. The lowest BCUT2D eigenvalue weighted by Crippen LogP contribution is -2.01. The number of hydrogen-bond acceptors (Lipinski definition) is 5. The van der Waals surface area contributed by atoms with Crippen molar-refractivity contribution < 1.29 is 18.8 Å². The van der Waals surface area contributed by atoms with Gasteiger partial charge in [0.1, 0.15) is 28.9 Å².